The summed E-state index contributed by atoms with van der Waals surface area (Å²) < 4.78 is 5.49. The van der Waals surface area contributed by atoms with Crippen LogP contribution in [-0.4, -0.2) is 11.6 Å². The molecule has 0 aliphatic heterocycles. The van der Waals surface area contributed by atoms with E-state index in [1.54, 1.807) is 0 Å². The Labute approximate surface area is 81.6 Å². The summed E-state index contributed by atoms with van der Waals surface area (Å²) >= 11 is 0. The van der Waals surface area contributed by atoms with Gasteiger partial charge in [-0.2, -0.15) is 0 Å². The molecule has 0 aliphatic carbocycles. The van der Waals surface area contributed by atoms with Crippen molar-refractivity contribution in [2.45, 2.75) is 13.3 Å². The van der Waals surface area contributed by atoms with Crippen LogP contribution >= 0.6 is 0 Å². The van der Waals surface area contributed by atoms with Crippen molar-refractivity contribution in [3.8, 4) is 0 Å². The van der Waals surface area contributed by atoms with Crippen LogP contribution in [0.5, 0.6) is 0 Å². The summed E-state index contributed by atoms with van der Waals surface area (Å²) in [5.74, 6) is 5.66. The van der Waals surface area contributed by atoms with Gasteiger partial charge in [-0.15, -0.1) is 0 Å². The van der Waals surface area contributed by atoms with Gasteiger partial charge in [-0.05, 0) is 11.6 Å². The number of fused-ring (bicyclic) bond motifs is 1. The summed E-state index contributed by atoms with van der Waals surface area (Å²) in [6.45, 7) is 2.32. The van der Waals surface area contributed by atoms with Gasteiger partial charge in [0.25, 0.3) is 0 Å². The summed E-state index contributed by atoms with van der Waals surface area (Å²) in [5, 5.41) is 0. The number of rotatable bonds is 3. The van der Waals surface area contributed by atoms with Gasteiger partial charge in [-0.25, -0.2) is 10.9 Å². The zero-order valence-corrected chi connectivity index (χ0v) is 7.99. The molecule has 2 rings (SSSR count). The molecule has 0 saturated heterocycles. The van der Waals surface area contributed by atoms with Gasteiger partial charge in [0.1, 0.15) is 5.52 Å². The first kappa shape index (κ1) is 9.18. The number of aryl methyl sites for hydroxylation is 1. The maximum absolute atomic E-state index is 5.49. The zero-order valence-electron chi connectivity index (χ0n) is 7.99. The number of nitrogens with two attached hydrogens (primary N) is 1. The van der Waals surface area contributed by atoms with Gasteiger partial charge in [0.05, 0.1) is 6.61 Å². The quantitative estimate of drug-likeness (QED) is 0.750. The highest BCUT2D eigenvalue weighted by molar-refractivity contribution is 5.76. The normalized spacial score (nSPS) is 11.0. The van der Waals surface area contributed by atoms with Crippen molar-refractivity contribution in [2.75, 3.05) is 6.61 Å². The number of nitrogens with zero attached hydrogens (tertiary/aromatic N) is 1. The van der Waals surface area contributed by atoms with E-state index in [0.717, 1.165) is 23.1 Å². The zero-order chi connectivity index (χ0) is 9.97. The lowest BCUT2D eigenvalue weighted by molar-refractivity contribution is 0.141. The second-order valence-corrected chi connectivity index (χ2v) is 3.12. The third kappa shape index (κ3) is 1.62. The Bertz CT molecular complexity index is 437. The first-order valence-electron chi connectivity index (χ1n) is 4.48. The molecule has 0 unspecified atom stereocenters. The molecule has 14 heavy (non-hydrogen) atoms. The summed E-state index contributed by atoms with van der Waals surface area (Å²) in [7, 11) is 0. The molecule has 0 spiro atoms. The van der Waals surface area contributed by atoms with E-state index in [2.05, 4.69) is 9.82 Å². The highest BCUT2D eigenvalue weighted by Crippen LogP contribution is 2.19. The van der Waals surface area contributed by atoms with Crippen LogP contribution in [0.4, 0.5) is 0 Å². The van der Waals surface area contributed by atoms with Crippen molar-refractivity contribution in [3.63, 3.8) is 0 Å². The van der Waals surface area contributed by atoms with E-state index in [1.165, 1.54) is 0 Å². The topological polar surface area (TPSA) is 61.3 Å². The SMILES string of the molecule is Cc1nc2cccc(CCON)c2o1. The van der Waals surface area contributed by atoms with Crippen molar-refractivity contribution in [1.29, 1.82) is 0 Å². The van der Waals surface area contributed by atoms with Crippen LogP contribution in [-0.2, 0) is 11.3 Å². The maximum atomic E-state index is 5.49. The van der Waals surface area contributed by atoms with E-state index in [-0.39, 0.29) is 0 Å². The predicted octanol–water partition coefficient (Wildman–Crippen LogP) is 1.57. The number of hydrogen-bond acceptors (Lipinski definition) is 4. The molecule has 0 aliphatic rings. The lowest BCUT2D eigenvalue weighted by Crippen LogP contribution is -2.03. The largest absolute Gasteiger partial charge is 0.441 e. The molecule has 1 aromatic carbocycles. The molecule has 4 heteroatoms. The summed E-state index contributed by atoms with van der Waals surface area (Å²) in [4.78, 5) is 8.78. The van der Waals surface area contributed by atoms with Crippen LogP contribution in [0, 0.1) is 6.92 Å². The van der Waals surface area contributed by atoms with Crippen LogP contribution < -0.4 is 5.90 Å². The van der Waals surface area contributed by atoms with Crippen molar-refractivity contribution in [3.05, 3.63) is 29.7 Å². The van der Waals surface area contributed by atoms with E-state index in [9.17, 15) is 0 Å². The molecule has 1 heterocycles. The predicted molar refractivity (Wildman–Crippen MR) is 52.6 cm³/mol. The molecule has 2 aromatic rings. The number of para-hydroxylation sites is 1. The van der Waals surface area contributed by atoms with Crippen LogP contribution in [0.15, 0.2) is 22.6 Å². The Hall–Kier alpha value is -1.39. The fourth-order valence-electron chi connectivity index (χ4n) is 1.48. The van der Waals surface area contributed by atoms with Gasteiger partial charge < -0.3 is 9.25 Å². The average Bonchev–Trinajstić information content (AvgIpc) is 2.55. The molecular formula is C10H12N2O2. The fourth-order valence-corrected chi connectivity index (χ4v) is 1.48. The second-order valence-electron chi connectivity index (χ2n) is 3.12. The van der Waals surface area contributed by atoms with Gasteiger partial charge >= 0.3 is 0 Å². The lowest BCUT2D eigenvalue weighted by Gasteiger charge is -1.99. The summed E-state index contributed by atoms with van der Waals surface area (Å²) in [5.41, 5.74) is 2.80. The molecule has 1 aromatic heterocycles. The summed E-state index contributed by atoms with van der Waals surface area (Å²) in [6.07, 6.45) is 0.739. The molecule has 0 atom stereocenters. The van der Waals surface area contributed by atoms with Gasteiger partial charge in [0.2, 0.25) is 0 Å². The average molecular weight is 192 g/mol. The molecule has 0 amide bonds. The Balaban J connectivity index is 2.42. The number of hydrogen-bond donors (Lipinski definition) is 1. The number of benzene rings is 1. The van der Waals surface area contributed by atoms with E-state index in [0.29, 0.717) is 12.5 Å². The molecule has 0 saturated carbocycles. The molecule has 0 fully saturated rings. The smallest absolute Gasteiger partial charge is 0.192 e. The van der Waals surface area contributed by atoms with Gasteiger partial charge in [-0.1, -0.05) is 12.1 Å². The minimum atomic E-state index is 0.485. The maximum Gasteiger partial charge on any atom is 0.192 e. The standard InChI is InChI=1S/C10H12N2O2/c1-7-12-9-4-2-3-8(5-6-13-11)10(9)14-7/h2-4H,5-6,11H2,1H3. The molecule has 0 bridgehead atoms. The molecule has 2 N–H and O–H groups in total. The van der Waals surface area contributed by atoms with Gasteiger partial charge in [0, 0.05) is 13.3 Å². The van der Waals surface area contributed by atoms with Crippen LogP contribution in [0.25, 0.3) is 11.1 Å². The molecule has 74 valence electrons. The van der Waals surface area contributed by atoms with E-state index < -0.39 is 0 Å². The third-order valence-corrected chi connectivity index (χ3v) is 2.09. The lowest BCUT2D eigenvalue weighted by atomic mass is 10.1. The number of aromatic nitrogens is 1. The first-order chi connectivity index (χ1) is 6.81. The van der Waals surface area contributed by atoms with E-state index in [4.69, 9.17) is 10.3 Å². The second kappa shape index (κ2) is 3.77. The van der Waals surface area contributed by atoms with Crippen molar-refractivity contribution < 1.29 is 9.25 Å². The molecular weight excluding hydrogens is 180 g/mol. The van der Waals surface area contributed by atoms with Crippen LogP contribution in [0.2, 0.25) is 0 Å². The highest BCUT2D eigenvalue weighted by atomic mass is 16.6. The molecule has 0 radical (unpaired) electrons. The first-order valence-corrected chi connectivity index (χ1v) is 4.48. The monoisotopic (exact) mass is 192 g/mol. The van der Waals surface area contributed by atoms with Gasteiger partial charge in [0.15, 0.2) is 11.5 Å². The Morgan fingerprint density at radius 1 is 1.50 bits per heavy atom. The number of oxazole rings is 1. The Morgan fingerprint density at radius 3 is 3.14 bits per heavy atom. The fraction of sp³-hybridized carbons (Fsp3) is 0.300. The highest BCUT2D eigenvalue weighted by Gasteiger charge is 2.06. The Morgan fingerprint density at radius 2 is 2.36 bits per heavy atom. The Kier molecular flexibility index (Phi) is 2.47. The van der Waals surface area contributed by atoms with Gasteiger partial charge in [-0.3, -0.25) is 0 Å². The van der Waals surface area contributed by atoms with E-state index in [1.807, 2.05) is 25.1 Å². The van der Waals surface area contributed by atoms with Crippen molar-refractivity contribution in [1.82, 2.24) is 4.98 Å². The molecule has 4 nitrogen and oxygen atoms in total. The van der Waals surface area contributed by atoms with Crippen LogP contribution in [0.3, 0.4) is 0 Å². The van der Waals surface area contributed by atoms with E-state index >= 15 is 0 Å². The minimum absolute atomic E-state index is 0.485. The summed E-state index contributed by atoms with van der Waals surface area (Å²) in [6, 6.07) is 5.88. The van der Waals surface area contributed by atoms with Crippen molar-refractivity contribution >= 4 is 11.1 Å². The van der Waals surface area contributed by atoms with Crippen molar-refractivity contribution in [2.24, 2.45) is 5.90 Å². The minimum Gasteiger partial charge on any atom is -0.441 e. The third-order valence-electron chi connectivity index (χ3n) is 2.09. The van der Waals surface area contributed by atoms with Crippen LogP contribution in [0.1, 0.15) is 11.5 Å².